The molecule has 0 radical (unpaired) electrons. The van der Waals surface area contributed by atoms with E-state index in [9.17, 15) is 4.79 Å². The maximum Gasteiger partial charge on any atom is 0.248 e. The van der Waals surface area contributed by atoms with Gasteiger partial charge in [0.15, 0.2) is 0 Å². The van der Waals surface area contributed by atoms with E-state index in [0.717, 1.165) is 5.56 Å². The molecule has 3 N–H and O–H groups in total. The first kappa shape index (κ1) is 9.71. The second kappa shape index (κ2) is 3.73. The Hall–Kier alpha value is -1.84. The van der Waals surface area contributed by atoms with Crippen LogP contribution in [0.1, 0.15) is 18.4 Å². The number of carbonyl (C=O) groups is 1. The van der Waals surface area contributed by atoms with Gasteiger partial charge in [-0.3, -0.25) is 4.79 Å². The summed E-state index contributed by atoms with van der Waals surface area (Å²) in [7, 11) is 0. The molecule has 1 amide bonds. The van der Waals surface area contributed by atoms with E-state index in [0.29, 0.717) is 5.69 Å². The Bertz CT molecular complexity index is 397. The highest BCUT2D eigenvalue weighted by atomic mass is 16.2. The van der Waals surface area contributed by atoms with Crippen LogP contribution in [0.3, 0.4) is 0 Å². The Kier molecular flexibility index (Phi) is 2.41. The number of anilines is 1. The van der Waals surface area contributed by atoms with Gasteiger partial charge in [-0.15, -0.1) is 0 Å². The van der Waals surface area contributed by atoms with Crippen LogP contribution in [0.5, 0.6) is 0 Å². The molecular weight excluding hydrogens is 190 g/mol. The Balaban J connectivity index is 2.33. The van der Waals surface area contributed by atoms with Crippen LogP contribution in [0, 0.1) is 5.92 Å². The number of hydrogen-bond acceptors (Lipinski definition) is 3. The van der Waals surface area contributed by atoms with Gasteiger partial charge in [0, 0.05) is 17.8 Å². The summed E-state index contributed by atoms with van der Waals surface area (Å²) in [6.07, 6.45) is 1.75. The van der Waals surface area contributed by atoms with Crippen molar-refractivity contribution in [1.82, 2.24) is 5.43 Å². The lowest BCUT2D eigenvalue weighted by Crippen LogP contribution is -2.34. The van der Waals surface area contributed by atoms with Crippen LogP contribution in [-0.2, 0) is 4.79 Å². The average Bonchev–Trinajstić information content (AvgIpc) is 2.20. The van der Waals surface area contributed by atoms with Crippen LogP contribution in [0.2, 0.25) is 0 Å². The van der Waals surface area contributed by atoms with Gasteiger partial charge in [0.25, 0.3) is 0 Å². The smallest absolute Gasteiger partial charge is 0.248 e. The maximum atomic E-state index is 11.6. The average molecular weight is 203 g/mol. The van der Waals surface area contributed by atoms with Gasteiger partial charge in [-0.05, 0) is 17.7 Å². The van der Waals surface area contributed by atoms with Crippen molar-refractivity contribution in [2.45, 2.75) is 12.8 Å². The highest BCUT2D eigenvalue weighted by Gasteiger charge is 2.28. The number of nitrogens with zero attached hydrogens (tertiary/aromatic N) is 1. The van der Waals surface area contributed by atoms with E-state index < -0.39 is 0 Å². The van der Waals surface area contributed by atoms with Crippen LogP contribution in [0.25, 0.3) is 0 Å². The first-order chi connectivity index (χ1) is 7.18. The number of nitrogens with two attached hydrogens (primary N) is 1. The molecule has 0 bridgehead atoms. The molecule has 0 fully saturated rings. The molecule has 2 unspecified atom stereocenters. The molecule has 78 valence electrons. The van der Waals surface area contributed by atoms with Crippen molar-refractivity contribution in [3.63, 3.8) is 0 Å². The number of rotatable bonds is 1. The molecule has 2 atom stereocenters. The lowest BCUT2D eigenvalue weighted by Gasteiger charge is -2.23. The topological polar surface area (TPSA) is 67.5 Å². The zero-order valence-electron chi connectivity index (χ0n) is 8.47. The second-order valence-electron chi connectivity index (χ2n) is 3.76. The first-order valence-electron chi connectivity index (χ1n) is 4.87. The Morgan fingerprint density at radius 1 is 1.33 bits per heavy atom. The number of hydrazone groups is 1. The fraction of sp³-hybridized carbons (Fsp3) is 0.273. The minimum Gasteiger partial charge on any atom is -0.399 e. The largest absolute Gasteiger partial charge is 0.399 e. The molecular formula is C11H13N3O. The normalized spacial score (nSPS) is 25.0. The summed E-state index contributed by atoms with van der Waals surface area (Å²) in [6, 6.07) is 7.38. The van der Waals surface area contributed by atoms with Crippen molar-refractivity contribution in [2.75, 3.05) is 5.73 Å². The predicted octanol–water partition coefficient (Wildman–Crippen LogP) is 1.10. The van der Waals surface area contributed by atoms with Gasteiger partial charge in [-0.2, -0.15) is 5.10 Å². The van der Waals surface area contributed by atoms with Crippen LogP contribution < -0.4 is 11.2 Å². The van der Waals surface area contributed by atoms with E-state index in [1.807, 2.05) is 19.1 Å². The highest BCUT2D eigenvalue weighted by Crippen LogP contribution is 2.26. The lowest BCUT2D eigenvalue weighted by atomic mass is 9.86. The van der Waals surface area contributed by atoms with Gasteiger partial charge < -0.3 is 5.73 Å². The van der Waals surface area contributed by atoms with Crippen molar-refractivity contribution < 1.29 is 4.79 Å². The molecule has 2 rings (SSSR count). The van der Waals surface area contributed by atoms with Crippen molar-refractivity contribution in [3.8, 4) is 0 Å². The zero-order chi connectivity index (χ0) is 10.8. The fourth-order valence-electron chi connectivity index (χ4n) is 1.77. The Labute approximate surface area is 88.2 Å². The molecule has 0 saturated heterocycles. The molecule has 0 aliphatic carbocycles. The van der Waals surface area contributed by atoms with E-state index in [2.05, 4.69) is 10.5 Å². The van der Waals surface area contributed by atoms with Crippen molar-refractivity contribution >= 4 is 17.8 Å². The molecule has 0 spiro atoms. The number of nitrogens with one attached hydrogen (secondary N) is 1. The summed E-state index contributed by atoms with van der Waals surface area (Å²) in [5, 5.41) is 3.78. The third kappa shape index (κ3) is 1.83. The summed E-state index contributed by atoms with van der Waals surface area (Å²) in [5.74, 6) is -0.111. The van der Waals surface area contributed by atoms with Crippen molar-refractivity contribution in [2.24, 2.45) is 11.0 Å². The molecule has 15 heavy (non-hydrogen) atoms. The third-order valence-corrected chi connectivity index (χ3v) is 2.59. The van der Waals surface area contributed by atoms with Gasteiger partial charge in [0.1, 0.15) is 0 Å². The van der Waals surface area contributed by atoms with Crippen molar-refractivity contribution in [3.05, 3.63) is 29.8 Å². The van der Waals surface area contributed by atoms with E-state index in [4.69, 9.17) is 5.73 Å². The van der Waals surface area contributed by atoms with Crippen LogP contribution in [0.4, 0.5) is 5.69 Å². The van der Waals surface area contributed by atoms with Gasteiger partial charge >= 0.3 is 0 Å². The van der Waals surface area contributed by atoms with E-state index in [1.165, 1.54) is 0 Å². The van der Waals surface area contributed by atoms with E-state index >= 15 is 0 Å². The third-order valence-electron chi connectivity index (χ3n) is 2.59. The van der Waals surface area contributed by atoms with Crippen molar-refractivity contribution in [1.29, 1.82) is 0 Å². The number of nitrogen functional groups attached to an aromatic ring is 1. The van der Waals surface area contributed by atoms with E-state index in [1.54, 1.807) is 18.3 Å². The SMILES string of the molecule is CC1C=NNC(=O)C1c1ccc(N)cc1. The number of carbonyl (C=O) groups excluding carboxylic acids is 1. The van der Waals surface area contributed by atoms with Gasteiger partial charge in [0.05, 0.1) is 5.92 Å². The maximum absolute atomic E-state index is 11.6. The molecule has 0 saturated carbocycles. The summed E-state index contributed by atoms with van der Waals surface area (Å²) >= 11 is 0. The minimum absolute atomic E-state index is 0.0604. The molecule has 1 heterocycles. The number of hydrogen-bond donors (Lipinski definition) is 2. The Morgan fingerprint density at radius 2 is 2.00 bits per heavy atom. The van der Waals surface area contributed by atoms with Gasteiger partial charge in [0.2, 0.25) is 5.91 Å². The minimum atomic E-state index is -0.164. The van der Waals surface area contributed by atoms with E-state index in [-0.39, 0.29) is 17.7 Å². The molecule has 1 aliphatic heterocycles. The summed E-state index contributed by atoms with van der Waals surface area (Å²) in [5.41, 5.74) is 9.75. The van der Waals surface area contributed by atoms with Crippen LogP contribution in [0.15, 0.2) is 29.4 Å². The van der Waals surface area contributed by atoms with Gasteiger partial charge in [-0.1, -0.05) is 19.1 Å². The first-order valence-corrected chi connectivity index (χ1v) is 4.87. The number of amides is 1. The molecule has 1 aromatic rings. The predicted molar refractivity (Wildman–Crippen MR) is 59.4 cm³/mol. The fourth-order valence-corrected chi connectivity index (χ4v) is 1.77. The highest BCUT2D eigenvalue weighted by molar-refractivity contribution is 5.90. The molecule has 4 heteroatoms. The standard InChI is InChI=1S/C11H13N3O/c1-7-6-13-14-11(15)10(7)8-2-4-9(12)5-3-8/h2-7,10H,12H2,1H3,(H,14,15). The molecule has 0 aromatic heterocycles. The molecule has 1 aliphatic rings. The lowest BCUT2D eigenvalue weighted by molar-refractivity contribution is -0.123. The van der Waals surface area contributed by atoms with Crippen LogP contribution >= 0.6 is 0 Å². The quantitative estimate of drug-likeness (QED) is 0.671. The van der Waals surface area contributed by atoms with Gasteiger partial charge in [-0.25, -0.2) is 5.43 Å². The second-order valence-corrected chi connectivity index (χ2v) is 3.76. The molecule has 1 aromatic carbocycles. The summed E-state index contributed by atoms with van der Waals surface area (Å²) in [6.45, 7) is 1.98. The Morgan fingerprint density at radius 3 is 2.60 bits per heavy atom. The summed E-state index contributed by atoms with van der Waals surface area (Å²) < 4.78 is 0. The number of benzene rings is 1. The monoisotopic (exact) mass is 203 g/mol. The summed E-state index contributed by atoms with van der Waals surface area (Å²) in [4.78, 5) is 11.6. The molecule has 4 nitrogen and oxygen atoms in total. The zero-order valence-corrected chi connectivity index (χ0v) is 8.47. The van der Waals surface area contributed by atoms with Crippen LogP contribution in [-0.4, -0.2) is 12.1 Å².